The minimum absolute atomic E-state index is 0.0885. The van der Waals surface area contributed by atoms with Crippen molar-refractivity contribution >= 4 is 29.1 Å². The highest BCUT2D eigenvalue weighted by Crippen LogP contribution is 2.39. The van der Waals surface area contributed by atoms with Gasteiger partial charge >= 0.3 is 0 Å². The van der Waals surface area contributed by atoms with Gasteiger partial charge in [-0.25, -0.2) is 4.39 Å². The number of fused-ring (bicyclic) bond motifs is 1. The SMILES string of the molecule is COc1cc(C2C(C(=O)Nc3ccccc3C)=C(C)Nc3nnnn32)ccc1OCc1c(F)cccc1Cl. The van der Waals surface area contributed by atoms with Crippen LogP contribution in [0.25, 0.3) is 0 Å². The van der Waals surface area contributed by atoms with E-state index in [0.29, 0.717) is 40.0 Å². The molecule has 0 fully saturated rings. The predicted molar refractivity (Wildman–Crippen MR) is 141 cm³/mol. The van der Waals surface area contributed by atoms with Crippen molar-refractivity contribution in [2.24, 2.45) is 0 Å². The summed E-state index contributed by atoms with van der Waals surface area (Å²) < 4.78 is 27.2. The molecule has 9 nitrogen and oxygen atoms in total. The van der Waals surface area contributed by atoms with Crippen molar-refractivity contribution in [1.82, 2.24) is 20.2 Å². The van der Waals surface area contributed by atoms with Crippen molar-refractivity contribution in [2.45, 2.75) is 26.5 Å². The maximum Gasteiger partial charge on any atom is 0.255 e. The Hall–Kier alpha value is -4.44. The summed E-state index contributed by atoms with van der Waals surface area (Å²) in [7, 11) is 1.50. The average molecular weight is 535 g/mol. The minimum Gasteiger partial charge on any atom is -0.493 e. The van der Waals surface area contributed by atoms with Gasteiger partial charge in [0.1, 0.15) is 18.5 Å². The molecule has 3 aromatic carbocycles. The van der Waals surface area contributed by atoms with Crippen LogP contribution in [-0.4, -0.2) is 33.2 Å². The number of hydrogen-bond acceptors (Lipinski definition) is 7. The largest absolute Gasteiger partial charge is 0.493 e. The predicted octanol–water partition coefficient (Wildman–Crippen LogP) is 5.29. The Labute approximate surface area is 223 Å². The first-order valence-electron chi connectivity index (χ1n) is 11.7. The molecule has 1 aromatic heterocycles. The van der Waals surface area contributed by atoms with E-state index in [9.17, 15) is 9.18 Å². The zero-order valence-corrected chi connectivity index (χ0v) is 21.6. The normalized spacial score (nSPS) is 14.5. The van der Waals surface area contributed by atoms with Crippen molar-refractivity contribution in [3.05, 3.63) is 99.5 Å². The van der Waals surface area contributed by atoms with Gasteiger partial charge in [0.05, 0.1) is 17.7 Å². The van der Waals surface area contributed by atoms with Crippen LogP contribution in [-0.2, 0) is 11.4 Å². The molecule has 1 amide bonds. The highest BCUT2D eigenvalue weighted by Gasteiger charge is 2.34. The quantitative estimate of drug-likeness (QED) is 0.332. The number of aryl methyl sites for hydroxylation is 1. The number of aromatic nitrogens is 4. The number of benzene rings is 3. The van der Waals surface area contributed by atoms with E-state index in [2.05, 4.69) is 26.2 Å². The Bertz CT molecular complexity index is 1530. The van der Waals surface area contributed by atoms with E-state index < -0.39 is 11.9 Å². The number of anilines is 2. The maximum atomic E-state index is 14.2. The van der Waals surface area contributed by atoms with Crippen LogP contribution in [0.3, 0.4) is 0 Å². The number of carbonyl (C=O) groups is 1. The van der Waals surface area contributed by atoms with Crippen LogP contribution in [0.1, 0.15) is 29.7 Å². The van der Waals surface area contributed by atoms with Gasteiger partial charge in [0, 0.05) is 16.9 Å². The van der Waals surface area contributed by atoms with E-state index in [4.69, 9.17) is 21.1 Å². The van der Waals surface area contributed by atoms with Crippen LogP contribution in [0.5, 0.6) is 11.5 Å². The lowest BCUT2D eigenvalue weighted by molar-refractivity contribution is -0.113. The molecule has 0 saturated carbocycles. The topological polar surface area (TPSA) is 103 Å². The number of allylic oxidation sites excluding steroid dienone is 1. The van der Waals surface area contributed by atoms with E-state index in [0.717, 1.165) is 5.56 Å². The molecule has 38 heavy (non-hydrogen) atoms. The number of ether oxygens (including phenoxy) is 2. The fourth-order valence-corrected chi connectivity index (χ4v) is 4.53. The zero-order valence-electron chi connectivity index (χ0n) is 20.8. The van der Waals surface area contributed by atoms with Crippen LogP contribution < -0.4 is 20.1 Å². The number of para-hydroxylation sites is 1. The van der Waals surface area contributed by atoms with Gasteiger partial charge in [-0.2, -0.15) is 4.68 Å². The number of nitrogens with one attached hydrogen (secondary N) is 2. The van der Waals surface area contributed by atoms with Crippen molar-refractivity contribution in [3.63, 3.8) is 0 Å². The van der Waals surface area contributed by atoms with Gasteiger partial charge in [0.25, 0.3) is 5.91 Å². The lowest BCUT2D eigenvalue weighted by Crippen LogP contribution is -2.31. The third-order valence-electron chi connectivity index (χ3n) is 6.29. The molecule has 2 N–H and O–H groups in total. The van der Waals surface area contributed by atoms with Crippen LogP contribution in [0.15, 0.2) is 71.9 Å². The van der Waals surface area contributed by atoms with Crippen LogP contribution >= 0.6 is 11.6 Å². The fraction of sp³-hybridized carbons (Fsp3) is 0.185. The Kier molecular flexibility index (Phi) is 6.97. The number of halogens is 2. The van der Waals surface area contributed by atoms with E-state index in [1.54, 1.807) is 31.2 Å². The second-order valence-electron chi connectivity index (χ2n) is 8.68. The number of amides is 1. The first-order valence-corrected chi connectivity index (χ1v) is 12.1. The summed E-state index contributed by atoms with van der Waals surface area (Å²) in [4.78, 5) is 13.6. The molecule has 5 rings (SSSR count). The first kappa shape index (κ1) is 25.2. The molecule has 1 unspecified atom stereocenters. The van der Waals surface area contributed by atoms with Crippen molar-refractivity contribution < 1.29 is 18.7 Å². The number of hydrogen-bond donors (Lipinski definition) is 2. The van der Waals surface area contributed by atoms with Gasteiger partial charge in [0.2, 0.25) is 5.95 Å². The number of nitrogens with zero attached hydrogens (tertiary/aromatic N) is 4. The smallest absolute Gasteiger partial charge is 0.255 e. The van der Waals surface area contributed by atoms with E-state index in [1.807, 2.05) is 31.2 Å². The zero-order chi connectivity index (χ0) is 26.8. The fourth-order valence-electron chi connectivity index (χ4n) is 4.31. The molecule has 194 valence electrons. The monoisotopic (exact) mass is 534 g/mol. The number of rotatable bonds is 7. The summed E-state index contributed by atoms with van der Waals surface area (Å²) in [6.45, 7) is 3.63. The Morgan fingerprint density at radius 2 is 1.95 bits per heavy atom. The molecular weight excluding hydrogens is 511 g/mol. The second-order valence-corrected chi connectivity index (χ2v) is 9.09. The Balaban J connectivity index is 1.49. The standard InChI is InChI=1S/C27H24ClFN6O3/c1-15-7-4-5-10-21(15)31-26(36)24-16(2)30-27-32-33-34-35(27)25(24)17-11-12-22(23(13-17)37-3)38-14-18-19(28)8-6-9-20(18)29/h4-13,25H,14H2,1-3H3,(H,31,36)(H,30,32,34). The van der Waals surface area contributed by atoms with Crippen LogP contribution in [0.2, 0.25) is 5.02 Å². The van der Waals surface area contributed by atoms with Crippen molar-refractivity contribution in [2.75, 3.05) is 17.7 Å². The number of methoxy groups -OCH3 is 1. The molecule has 1 aliphatic heterocycles. The van der Waals surface area contributed by atoms with E-state index >= 15 is 0 Å². The number of tetrazole rings is 1. The van der Waals surface area contributed by atoms with Crippen molar-refractivity contribution in [3.8, 4) is 11.5 Å². The Morgan fingerprint density at radius 1 is 1.13 bits per heavy atom. The van der Waals surface area contributed by atoms with Gasteiger partial charge in [-0.05, 0) is 65.7 Å². The highest BCUT2D eigenvalue weighted by molar-refractivity contribution is 6.31. The molecule has 2 heterocycles. The van der Waals surface area contributed by atoms with Crippen LogP contribution in [0, 0.1) is 12.7 Å². The lowest BCUT2D eigenvalue weighted by Gasteiger charge is -2.28. The minimum atomic E-state index is -0.658. The summed E-state index contributed by atoms with van der Waals surface area (Å²) in [5, 5.41) is 18.3. The summed E-state index contributed by atoms with van der Waals surface area (Å²) in [5.74, 6) is 0.406. The van der Waals surface area contributed by atoms with Crippen LogP contribution in [0.4, 0.5) is 16.0 Å². The summed E-state index contributed by atoms with van der Waals surface area (Å²) in [6.07, 6.45) is 0. The van der Waals surface area contributed by atoms with E-state index in [1.165, 1.54) is 23.9 Å². The maximum absolute atomic E-state index is 14.2. The molecule has 0 aliphatic carbocycles. The van der Waals surface area contributed by atoms with Gasteiger partial charge in [0.15, 0.2) is 11.5 Å². The third kappa shape index (κ3) is 4.78. The van der Waals surface area contributed by atoms with Gasteiger partial charge < -0.3 is 20.1 Å². The van der Waals surface area contributed by atoms with Gasteiger partial charge in [-0.15, -0.1) is 0 Å². The average Bonchev–Trinajstić information content (AvgIpc) is 3.37. The van der Waals surface area contributed by atoms with E-state index in [-0.39, 0.29) is 23.1 Å². The summed E-state index contributed by atoms with van der Waals surface area (Å²) in [6, 6.07) is 16.6. The Morgan fingerprint density at radius 3 is 2.71 bits per heavy atom. The molecule has 0 bridgehead atoms. The molecule has 1 atom stereocenters. The molecule has 0 spiro atoms. The lowest BCUT2D eigenvalue weighted by atomic mass is 9.94. The molecule has 11 heteroatoms. The highest BCUT2D eigenvalue weighted by atomic mass is 35.5. The van der Waals surface area contributed by atoms with Crippen molar-refractivity contribution in [1.29, 1.82) is 0 Å². The number of carbonyl (C=O) groups excluding carboxylic acids is 1. The molecular formula is C27H24ClFN6O3. The molecule has 0 saturated heterocycles. The molecule has 1 aliphatic rings. The first-order chi connectivity index (χ1) is 18.4. The second kappa shape index (κ2) is 10.5. The molecule has 4 aromatic rings. The van der Waals surface area contributed by atoms with Gasteiger partial charge in [-0.1, -0.05) is 47.0 Å². The third-order valence-corrected chi connectivity index (χ3v) is 6.64. The molecule has 0 radical (unpaired) electrons. The summed E-state index contributed by atoms with van der Waals surface area (Å²) in [5.41, 5.74) is 3.60. The van der Waals surface area contributed by atoms with Gasteiger partial charge in [-0.3, -0.25) is 4.79 Å². The summed E-state index contributed by atoms with van der Waals surface area (Å²) >= 11 is 6.14.